The maximum absolute atomic E-state index is 12.8. The fourth-order valence-electron chi connectivity index (χ4n) is 1.23. The van der Waals surface area contributed by atoms with Crippen LogP contribution in [0.2, 0.25) is 0 Å². The molecule has 0 radical (unpaired) electrons. The third-order valence-corrected chi connectivity index (χ3v) is 2.02. The molecule has 0 aromatic carbocycles. The van der Waals surface area contributed by atoms with Gasteiger partial charge in [-0.3, -0.25) is 4.98 Å². The van der Waals surface area contributed by atoms with Crippen molar-refractivity contribution in [1.82, 2.24) is 4.98 Å². The molecule has 72 valence electrons. The van der Waals surface area contributed by atoms with E-state index in [0.717, 1.165) is 18.5 Å². The number of aryl methyl sites for hydroxylation is 1. The lowest BCUT2D eigenvalue weighted by Gasteiger charge is -2.10. The van der Waals surface area contributed by atoms with E-state index in [2.05, 4.69) is 11.9 Å². The van der Waals surface area contributed by atoms with Gasteiger partial charge in [-0.1, -0.05) is 13.3 Å². The molecule has 0 saturated heterocycles. The Labute approximate surface area is 78.0 Å². The van der Waals surface area contributed by atoms with Crippen molar-refractivity contribution in [3.8, 4) is 0 Å². The Balaban J connectivity index is 2.84. The van der Waals surface area contributed by atoms with Crippen molar-refractivity contribution < 1.29 is 4.39 Å². The van der Waals surface area contributed by atoms with Crippen LogP contribution in [0.3, 0.4) is 0 Å². The lowest BCUT2D eigenvalue weighted by Crippen LogP contribution is -2.12. The van der Waals surface area contributed by atoms with E-state index in [-0.39, 0.29) is 11.9 Å². The van der Waals surface area contributed by atoms with E-state index in [9.17, 15) is 4.39 Å². The molecule has 1 aromatic heterocycles. The molecular weight excluding hydrogens is 167 g/mol. The molecule has 1 rings (SSSR count). The minimum atomic E-state index is -0.271. The van der Waals surface area contributed by atoms with Gasteiger partial charge in [-0.25, -0.2) is 4.39 Å². The van der Waals surface area contributed by atoms with Gasteiger partial charge in [0, 0.05) is 6.04 Å². The zero-order valence-electron chi connectivity index (χ0n) is 8.05. The lowest BCUT2D eigenvalue weighted by atomic mass is 10.1. The first-order chi connectivity index (χ1) is 6.15. The van der Waals surface area contributed by atoms with Crippen LogP contribution in [0, 0.1) is 12.7 Å². The van der Waals surface area contributed by atoms with Crippen molar-refractivity contribution in [3.63, 3.8) is 0 Å². The predicted octanol–water partition coefficient (Wildman–Crippen LogP) is 2.33. The highest BCUT2D eigenvalue weighted by Crippen LogP contribution is 2.14. The maximum Gasteiger partial charge on any atom is 0.144 e. The first-order valence-electron chi connectivity index (χ1n) is 4.53. The third kappa shape index (κ3) is 2.49. The van der Waals surface area contributed by atoms with Crippen molar-refractivity contribution in [3.05, 3.63) is 29.3 Å². The largest absolute Gasteiger partial charge is 0.323 e. The molecule has 0 amide bonds. The topological polar surface area (TPSA) is 38.9 Å². The molecule has 0 saturated carbocycles. The van der Waals surface area contributed by atoms with Gasteiger partial charge in [-0.05, 0) is 25.5 Å². The number of hydrogen-bond donors (Lipinski definition) is 1. The second-order valence-electron chi connectivity index (χ2n) is 3.20. The van der Waals surface area contributed by atoms with Gasteiger partial charge in [0.05, 0.1) is 11.4 Å². The molecule has 13 heavy (non-hydrogen) atoms. The number of rotatable bonds is 3. The Morgan fingerprint density at radius 1 is 1.54 bits per heavy atom. The Kier molecular flexibility index (Phi) is 3.37. The van der Waals surface area contributed by atoms with Gasteiger partial charge in [0.2, 0.25) is 0 Å². The Morgan fingerprint density at radius 2 is 2.23 bits per heavy atom. The first kappa shape index (κ1) is 10.1. The summed E-state index contributed by atoms with van der Waals surface area (Å²) in [5, 5.41) is 0. The van der Waals surface area contributed by atoms with E-state index in [0.29, 0.717) is 5.69 Å². The van der Waals surface area contributed by atoms with Crippen LogP contribution in [0.5, 0.6) is 0 Å². The summed E-state index contributed by atoms with van der Waals surface area (Å²) in [6.45, 7) is 3.72. The smallest absolute Gasteiger partial charge is 0.144 e. The summed E-state index contributed by atoms with van der Waals surface area (Å²) in [6.07, 6.45) is 1.90. The van der Waals surface area contributed by atoms with Crippen LogP contribution >= 0.6 is 0 Å². The quantitative estimate of drug-likeness (QED) is 0.779. The minimum Gasteiger partial charge on any atom is -0.323 e. The number of nitrogens with zero attached hydrogens (tertiary/aromatic N) is 1. The van der Waals surface area contributed by atoms with Gasteiger partial charge >= 0.3 is 0 Å². The number of hydrogen-bond acceptors (Lipinski definition) is 2. The van der Waals surface area contributed by atoms with E-state index >= 15 is 0 Å². The summed E-state index contributed by atoms with van der Waals surface area (Å²) in [7, 11) is 0. The van der Waals surface area contributed by atoms with Crippen molar-refractivity contribution in [2.24, 2.45) is 5.73 Å². The Bertz CT molecular complexity index is 286. The Morgan fingerprint density at radius 3 is 2.77 bits per heavy atom. The van der Waals surface area contributed by atoms with E-state index < -0.39 is 0 Å². The third-order valence-electron chi connectivity index (χ3n) is 2.02. The van der Waals surface area contributed by atoms with Gasteiger partial charge < -0.3 is 5.73 Å². The fourth-order valence-corrected chi connectivity index (χ4v) is 1.23. The van der Waals surface area contributed by atoms with Crippen LogP contribution in [0.4, 0.5) is 4.39 Å². The number of aromatic nitrogens is 1. The SMILES string of the molecule is CCCC(N)c1ccc(F)c(C)n1. The monoisotopic (exact) mass is 182 g/mol. The molecular formula is C10H15FN2. The van der Waals surface area contributed by atoms with Crippen LogP contribution in [0.15, 0.2) is 12.1 Å². The highest BCUT2D eigenvalue weighted by molar-refractivity contribution is 5.14. The molecule has 0 bridgehead atoms. The molecule has 0 spiro atoms. The van der Waals surface area contributed by atoms with Gasteiger partial charge in [0.15, 0.2) is 0 Å². The van der Waals surface area contributed by atoms with Gasteiger partial charge in [0.1, 0.15) is 5.82 Å². The summed E-state index contributed by atoms with van der Waals surface area (Å²) < 4.78 is 12.8. The molecule has 0 aliphatic carbocycles. The van der Waals surface area contributed by atoms with Gasteiger partial charge in [-0.2, -0.15) is 0 Å². The van der Waals surface area contributed by atoms with Crippen molar-refractivity contribution in [1.29, 1.82) is 0 Å². The zero-order valence-corrected chi connectivity index (χ0v) is 8.05. The van der Waals surface area contributed by atoms with Crippen LogP contribution in [0.1, 0.15) is 37.2 Å². The molecule has 3 heteroatoms. The van der Waals surface area contributed by atoms with Crippen molar-refractivity contribution in [2.75, 3.05) is 0 Å². The number of nitrogens with two attached hydrogens (primary N) is 1. The first-order valence-corrected chi connectivity index (χ1v) is 4.53. The maximum atomic E-state index is 12.8. The molecule has 1 aromatic rings. The second-order valence-corrected chi connectivity index (χ2v) is 3.20. The van der Waals surface area contributed by atoms with E-state index in [1.54, 1.807) is 13.0 Å². The second kappa shape index (κ2) is 4.33. The Hall–Kier alpha value is -0.960. The molecule has 2 nitrogen and oxygen atoms in total. The number of halogens is 1. The zero-order chi connectivity index (χ0) is 9.84. The highest BCUT2D eigenvalue weighted by Gasteiger charge is 2.07. The summed E-state index contributed by atoms with van der Waals surface area (Å²) in [4.78, 5) is 4.09. The molecule has 0 aliphatic rings. The molecule has 1 atom stereocenters. The average Bonchev–Trinajstić information content (AvgIpc) is 2.10. The van der Waals surface area contributed by atoms with E-state index in [1.807, 2.05) is 0 Å². The summed E-state index contributed by atoms with van der Waals surface area (Å²) >= 11 is 0. The van der Waals surface area contributed by atoms with Crippen LogP contribution in [0.25, 0.3) is 0 Å². The number of pyridine rings is 1. The highest BCUT2D eigenvalue weighted by atomic mass is 19.1. The molecule has 1 heterocycles. The predicted molar refractivity (Wildman–Crippen MR) is 50.8 cm³/mol. The minimum absolute atomic E-state index is 0.0655. The van der Waals surface area contributed by atoms with Crippen molar-refractivity contribution in [2.45, 2.75) is 32.7 Å². The van der Waals surface area contributed by atoms with E-state index in [4.69, 9.17) is 5.73 Å². The summed E-state index contributed by atoms with van der Waals surface area (Å²) in [5.74, 6) is -0.271. The molecule has 0 aliphatic heterocycles. The van der Waals surface area contributed by atoms with E-state index in [1.165, 1.54) is 6.07 Å². The lowest BCUT2D eigenvalue weighted by molar-refractivity contribution is 0.587. The normalized spacial score (nSPS) is 12.9. The van der Waals surface area contributed by atoms with Crippen molar-refractivity contribution >= 4 is 0 Å². The molecule has 2 N–H and O–H groups in total. The molecule has 1 unspecified atom stereocenters. The van der Waals surface area contributed by atoms with Crippen LogP contribution < -0.4 is 5.73 Å². The van der Waals surface area contributed by atoms with Crippen LogP contribution in [-0.2, 0) is 0 Å². The van der Waals surface area contributed by atoms with Gasteiger partial charge in [-0.15, -0.1) is 0 Å². The van der Waals surface area contributed by atoms with Gasteiger partial charge in [0.25, 0.3) is 0 Å². The van der Waals surface area contributed by atoms with Crippen LogP contribution in [-0.4, -0.2) is 4.98 Å². The fraction of sp³-hybridized carbons (Fsp3) is 0.500. The standard InChI is InChI=1S/C10H15FN2/c1-3-4-9(12)10-6-5-8(11)7(2)13-10/h5-6,9H,3-4,12H2,1-2H3. The summed E-state index contributed by atoms with van der Waals surface area (Å²) in [6, 6.07) is 3.01. The average molecular weight is 182 g/mol. The summed E-state index contributed by atoms with van der Waals surface area (Å²) in [5.41, 5.74) is 7.04. The molecule has 0 fully saturated rings.